The lowest BCUT2D eigenvalue weighted by molar-refractivity contribution is 0.248. The zero-order valence-corrected chi connectivity index (χ0v) is 4.85. The summed E-state index contributed by atoms with van der Waals surface area (Å²) in [7, 11) is 0. The normalized spacial score (nSPS) is 34.1. The van der Waals surface area contributed by atoms with Gasteiger partial charge in [-0.15, -0.1) is 0 Å². The van der Waals surface area contributed by atoms with Crippen molar-refractivity contribution in [1.29, 1.82) is 0 Å². The van der Waals surface area contributed by atoms with Crippen LogP contribution in [-0.4, -0.2) is 12.1 Å². The van der Waals surface area contributed by atoms with Crippen LogP contribution in [0.2, 0.25) is 0 Å². The third kappa shape index (κ3) is 1.12. The van der Waals surface area contributed by atoms with Crippen molar-refractivity contribution in [3.63, 3.8) is 0 Å². The van der Waals surface area contributed by atoms with Gasteiger partial charge in [0.1, 0.15) is 0 Å². The minimum atomic E-state index is -0.403. The molecule has 3 heteroatoms. The van der Waals surface area contributed by atoms with E-state index in [2.05, 4.69) is 12.2 Å². The maximum absolute atomic E-state index is 10.1. The van der Waals surface area contributed by atoms with Crippen LogP contribution < -0.4 is 11.1 Å². The molecule has 1 saturated carbocycles. The number of primary amides is 1. The lowest BCUT2D eigenvalue weighted by Gasteiger charge is -1.94. The summed E-state index contributed by atoms with van der Waals surface area (Å²) in [5.41, 5.74) is 4.85. The van der Waals surface area contributed by atoms with Gasteiger partial charge in [0.05, 0.1) is 0 Å². The van der Waals surface area contributed by atoms with E-state index in [1.807, 2.05) is 0 Å². The van der Waals surface area contributed by atoms with E-state index in [0.717, 1.165) is 6.42 Å². The largest absolute Gasteiger partial charge is 0.352 e. The first-order valence-electron chi connectivity index (χ1n) is 2.76. The first kappa shape index (κ1) is 5.41. The standard InChI is InChI=1S/C5H10N2O/c1-3-2-4(3)7-5(6)8/h3-4H,2H2,1H3,(H3,6,7,8). The number of carbonyl (C=O) groups excluding carboxylic acids is 1. The summed E-state index contributed by atoms with van der Waals surface area (Å²) in [6.07, 6.45) is 1.09. The Morgan fingerprint density at radius 3 is 2.50 bits per heavy atom. The van der Waals surface area contributed by atoms with Gasteiger partial charge in [0.25, 0.3) is 0 Å². The van der Waals surface area contributed by atoms with E-state index < -0.39 is 6.03 Å². The Kier molecular flexibility index (Phi) is 1.12. The highest BCUT2D eigenvalue weighted by atomic mass is 16.2. The molecule has 1 aliphatic rings. The minimum Gasteiger partial charge on any atom is -0.352 e. The van der Waals surface area contributed by atoms with E-state index in [1.54, 1.807) is 0 Å². The van der Waals surface area contributed by atoms with Crippen molar-refractivity contribution in [2.45, 2.75) is 19.4 Å². The van der Waals surface area contributed by atoms with Gasteiger partial charge in [0.2, 0.25) is 0 Å². The molecule has 46 valence electrons. The Morgan fingerprint density at radius 2 is 2.38 bits per heavy atom. The monoisotopic (exact) mass is 114 g/mol. The highest BCUT2D eigenvalue weighted by Crippen LogP contribution is 2.28. The Morgan fingerprint density at radius 1 is 1.88 bits per heavy atom. The molecule has 0 aliphatic heterocycles. The Labute approximate surface area is 48.2 Å². The number of hydrogen-bond acceptors (Lipinski definition) is 1. The topological polar surface area (TPSA) is 55.1 Å². The zero-order valence-electron chi connectivity index (χ0n) is 4.85. The molecule has 1 rings (SSSR count). The summed E-state index contributed by atoms with van der Waals surface area (Å²) in [6.45, 7) is 2.08. The molecule has 3 N–H and O–H groups in total. The highest BCUT2D eigenvalue weighted by molar-refractivity contribution is 5.72. The average molecular weight is 114 g/mol. The molecular weight excluding hydrogens is 104 g/mol. The number of hydrogen-bond donors (Lipinski definition) is 2. The molecule has 0 aromatic rings. The molecule has 0 aromatic heterocycles. The van der Waals surface area contributed by atoms with Crippen molar-refractivity contribution >= 4 is 6.03 Å². The van der Waals surface area contributed by atoms with E-state index in [1.165, 1.54) is 0 Å². The van der Waals surface area contributed by atoms with Crippen LogP contribution in [0, 0.1) is 5.92 Å². The number of amides is 2. The predicted octanol–water partition coefficient (Wildman–Crippen LogP) is 0.0631. The fourth-order valence-corrected chi connectivity index (χ4v) is 0.706. The predicted molar refractivity (Wildman–Crippen MR) is 30.3 cm³/mol. The lowest BCUT2D eigenvalue weighted by atomic mass is 10.5. The number of nitrogens with two attached hydrogens (primary N) is 1. The Hall–Kier alpha value is -0.730. The minimum absolute atomic E-state index is 0.368. The van der Waals surface area contributed by atoms with Crippen molar-refractivity contribution in [2.24, 2.45) is 11.7 Å². The molecule has 1 fully saturated rings. The summed E-state index contributed by atoms with van der Waals surface area (Å²) in [5.74, 6) is 0.641. The molecule has 1 aliphatic carbocycles. The van der Waals surface area contributed by atoms with Crippen LogP contribution in [0.1, 0.15) is 13.3 Å². The summed E-state index contributed by atoms with van der Waals surface area (Å²) < 4.78 is 0. The quantitative estimate of drug-likeness (QED) is 0.497. The van der Waals surface area contributed by atoms with Gasteiger partial charge < -0.3 is 11.1 Å². The molecule has 8 heavy (non-hydrogen) atoms. The Balaban J connectivity index is 2.14. The fourth-order valence-electron chi connectivity index (χ4n) is 0.706. The second kappa shape index (κ2) is 1.65. The third-order valence-electron chi connectivity index (χ3n) is 1.44. The smallest absolute Gasteiger partial charge is 0.312 e. The second-order valence-electron chi connectivity index (χ2n) is 2.33. The lowest BCUT2D eigenvalue weighted by Crippen LogP contribution is -2.31. The zero-order chi connectivity index (χ0) is 6.15. The van der Waals surface area contributed by atoms with Crippen LogP contribution in [0.25, 0.3) is 0 Å². The van der Waals surface area contributed by atoms with Crippen molar-refractivity contribution in [2.75, 3.05) is 0 Å². The van der Waals surface area contributed by atoms with Crippen molar-refractivity contribution < 1.29 is 4.79 Å². The van der Waals surface area contributed by atoms with E-state index in [9.17, 15) is 4.79 Å². The average Bonchev–Trinajstić information content (AvgIpc) is 2.17. The number of nitrogens with one attached hydrogen (secondary N) is 1. The highest BCUT2D eigenvalue weighted by Gasteiger charge is 2.33. The molecule has 0 bridgehead atoms. The van der Waals surface area contributed by atoms with Crippen molar-refractivity contribution in [3.05, 3.63) is 0 Å². The summed E-state index contributed by atoms with van der Waals surface area (Å²) >= 11 is 0. The van der Waals surface area contributed by atoms with Gasteiger partial charge in [-0.05, 0) is 12.3 Å². The molecule has 0 spiro atoms. The first-order chi connectivity index (χ1) is 3.70. The maximum atomic E-state index is 10.1. The van der Waals surface area contributed by atoms with Gasteiger partial charge in [-0.2, -0.15) is 0 Å². The molecule has 0 saturated heterocycles. The van der Waals surface area contributed by atoms with E-state index >= 15 is 0 Å². The summed E-state index contributed by atoms with van der Waals surface area (Å²) in [4.78, 5) is 10.1. The van der Waals surface area contributed by atoms with Crippen LogP contribution in [0.4, 0.5) is 4.79 Å². The summed E-state index contributed by atoms with van der Waals surface area (Å²) in [5, 5.41) is 2.61. The Bertz CT molecular complexity index is 113. The van der Waals surface area contributed by atoms with Crippen LogP contribution in [0.3, 0.4) is 0 Å². The van der Waals surface area contributed by atoms with Gasteiger partial charge in [0.15, 0.2) is 0 Å². The molecule has 3 nitrogen and oxygen atoms in total. The van der Waals surface area contributed by atoms with Crippen LogP contribution >= 0.6 is 0 Å². The van der Waals surface area contributed by atoms with E-state index in [4.69, 9.17) is 5.73 Å². The molecule has 0 radical (unpaired) electrons. The van der Waals surface area contributed by atoms with Crippen LogP contribution in [0.5, 0.6) is 0 Å². The van der Waals surface area contributed by atoms with E-state index in [-0.39, 0.29) is 0 Å². The fraction of sp³-hybridized carbons (Fsp3) is 0.800. The first-order valence-corrected chi connectivity index (χ1v) is 2.76. The number of carbonyl (C=O) groups is 1. The number of urea groups is 1. The van der Waals surface area contributed by atoms with Crippen LogP contribution in [0.15, 0.2) is 0 Å². The molecule has 0 aromatic carbocycles. The van der Waals surface area contributed by atoms with Gasteiger partial charge >= 0.3 is 6.03 Å². The van der Waals surface area contributed by atoms with Gasteiger partial charge in [-0.3, -0.25) is 0 Å². The van der Waals surface area contributed by atoms with E-state index in [0.29, 0.717) is 12.0 Å². The summed E-state index contributed by atoms with van der Waals surface area (Å²) in [6, 6.07) is -0.0353. The third-order valence-corrected chi connectivity index (χ3v) is 1.44. The van der Waals surface area contributed by atoms with Crippen LogP contribution in [-0.2, 0) is 0 Å². The maximum Gasteiger partial charge on any atom is 0.312 e. The molecular formula is C5H10N2O. The molecule has 2 unspecified atom stereocenters. The van der Waals surface area contributed by atoms with Crippen molar-refractivity contribution in [1.82, 2.24) is 5.32 Å². The molecule has 0 heterocycles. The molecule has 2 amide bonds. The second-order valence-corrected chi connectivity index (χ2v) is 2.33. The van der Waals surface area contributed by atoms with Gasteiger partial charge in [-0.25, -0.2) is 4.79 Å². The molecule has 2 atom stereocenters. The van der Waals surface area contributed by atoms with Gasteiger partial charge in [-0.1, -0.05) is 6.92 Å². The SMILES string of the molecule is CC1CC1NC(N)=O. The number of rotatable bonds is 1. The van der Waals surface area contributed by atoms with Gasteiger partial charge in [0, 0.05) is 6.04 Å². The van der Waals surface area contributed by atoms with Crippen molar-refractivity contribution in [3.8, 4) is 0 Å².